The fourth-order valence-electron chi connectivity index (χ4n) is 2.89. The smallest absolute Gasteiger partial charge is 0.0421 e. The first-order valence-corrected chi connectivity index (χ1v) is 8.49. The van der Waals surface area contributed by atoms with Gasteiger partial charge in [0.25, 0.3) is 0 Å². The van der Waals surface area contributed by atoms with Gasteiger partial charge >= 0.3 is 0 Å². The molecule has 0 bridgehead atoms. The van der Waals surface area contributed by atoms with Crippen LogP contribution in [0.4, 0.5) is 0 Å². The number of hydrogen-bond acceptors (Lipinski definition) is 2. The quantitative estimate of drug-likeness (QED) is 0.703. The Labute approximate surface area is 129 Å². The van der Waals surface area contributed by atoms with Gasteiger partial charge in [-0.2, -0.15) is 0 Å². The van der Waals surface area contributed by atoms with E-state index in [0.29, 0.717) is 0 Å². The lowest BCUT2D eigenvalue weighted by Crippen LogP contribution is -2.15. The molecule has 0 unspecified atom stereocenters. The van der Waals surface area contributed by atoms with Crippen LogP contribution in [0.2, 0.25) is 0 Å². The molecule has 3 aromatic rings. The van der Waals surface area contributed by atoms with E-state index in [1.54, 1.807) is 0 Å². The highest BCUT2D eigenvalue weighted by molar-refractivity contribution is 7.17. The summed E-state index contributed by atoms with van der Waals surface area (Å²) in [6, 6.07) is 16.4. The third-order valence-electron chi connectivity index (χ3n) is 4.23. The van der Waals surface area contributed by atoms with E-state index in [1.807, 2.05) is 11.3 Å². The second-order valence-electron chi connectivity index (χ2n) is 5.95. The summed E-state index contributed by atoms with van der Waals surface area (Å²) in [5.74, 6) is 0. The lowest BCUT2D eigenvalue weighted by Gasteiger charge is -2.10. The maximum absolute atomic E-state index is 3.59. The summed E-state index contributed by atoms with van der Waals surface area (Å²) in [5, 5.41) is 7.11. The summed E-state index contributed by atoms with van der Waals surface area (Å²) in [6.45, 7) is 3.22. The molecule has 1 fully saturated rings. The lowest BCUT2D eigenvalue weighted by atomic mass is 9.97. The number of hydrogen-bond donors (Lipinski definition) is 1. The minimum absolute atomic E-state index is 0.768. The van der Waals surface area contributed by atoms with Crippen molar-refractivity contribution in [3.05, 3.63) is 59.0 Å². The van der Waals surface area contributed by atoms with E-state index in [2.05, 4.69) is 60.1 Å². The Morgan fingerprint density at radius 1 is 1.10 bits per heavy atom. The maximum Gasteiger partial charge on any atom is 0.0421 e. The van der Waals surface area contributed by atoms with Crippen molar-refractivity contribution in [1.29, 1.82) is 0 Å². The summed E-state index contributed by atoms with van der Waals surface area (Å²) >= 11 is 1.83. The fraction of sp³-hybridized carbons (Fsp3) is 0.263. The standard InChI is InChI=1S/C19H19NS/c1-13-11-14(12-20-16-6-7-16)5-8-17(13)18-4-2-3-15-9-10-21-19(15)18/h2-5,8-11,16,20H,6-7,12H2,1H3. The first-order chi connectivity index (χ1) is 10.3. The molecule has 1 N–H and O–H groups in total. The lowest BCUT2D eigenvalue weighted by molar-refractivity contribution is 0.687. The predicted octanol–water partition coefficient (Wildman–Crippen LogP) is 5.13. The Kier molecular flexibility index (Phi) is 3.28. The monoisotopic (exact) mass is 293 g/mol. The van der Waals surface area contributed by atoms with Crippen LogP contribution in [-0.4, -0.2) is 6.04 Å². The van der Waals surface area contributed by atoms with Crippen molar-refractivity contribution >= 4 is 21.4 Å². The number of aryl methyl sites for hydroxylation is 1. The second kappa shape index (κ2) is 5.28. The average Bonchev–Trinajstić information content (AvgIpc) is 3.20. The predicted molar refractivity (Wildman–Crippen MR) is 91.9 cm³/mol. The van der Waals surface area contributed by atoms with Gasteiger partial charge in [-0.15, -0.1) is 11.3 Å². The molecule has 2 aromatic carbocycles. The molecule has 1 nitrogen and oxygen atoms in total. The van der Waals surface area contributed by atoms with Crippen LogP contribution in [-0.2, 0) is 6.54 Å². The first-order valence-electron chi connectivity index (χ1n) is 7.61. The van der Waals surface area contributed by atoms with E-state index in [-0.39, 0.29) is 0 Å². The van der Waals surface area contributed by atoms with Crippen LogP contribution in [0.3, 0.4) is 0 Å². The van der Waals surface area contributed by atoms with Crippen molar-refractivity contribution in [2.45, 2.75) is 32.4 Å². The molecule has 0 radical (unpaired) electrons. The van der Waals surface area contributed by atoms with Crippen molar-refractivity contribution in [1.82, 2.24) is 5.32 Å². The SMILES string of the molecule is Cc1cc(CNC2CC2)ccc1-c1cccc2ccsc12. The highest BCUT2D eigenvalue weighted by Gasteiger charge is 2.20. The maximum atomic E-state index is 3.59. The third-order valence-corrected chi connectivity index (χ3v) is 5.20. The van der Waals surface area contributed by atoms with Crippen molar-refractivity contribution < 1.29 is 0 Å². The van der Waals surface area contributed by atoms with Crippen LogP contribution in [0.15, 0.2) is 47.8 Å². The normalized spacial score (nSPS) is 14.7. The third kappa shape index (κ3) is 2.61. The molecule has 0 spiro atoms. The molecular weight excluding hydrogens is 274 g/mol. The first kappa shape index (κ1) is 13.1. The van der Waals surface area contributed by atoms with E-state index in [1.165, 1.54) is 45.2 Å². The minimum atomic E-state index is 0.768. The van der Waals surface area contributed by atoms with Crippen molar-refractivity contribution in [3.8, 4) is 11.1 Å². The summed E-state index contributed by atoms with van der Waals surface area (Å²) < 4.78 is 1.39. The molecule has 106 valence electrons. The second-order valence-corrected chi connectivity index (χ2v) is 6.87. The van der Waals surface area contributed by atoms with Crippen molar-refractivity contribution in [3.63, 3.8) is 0 Å². The summed E-state index contributed by atoms with van der Waals surface area (Å²) in [7, 11) is 0. The summed E-state index contributed by atoms with van der Waals surface area (Å²) in [4.78, 5) is 0. The zero-order chi connectivity index (χ0) is 14.2. The van der Waals surface area contributed by atoms with Gasteiger partial charge < -0.3 is 5.32 Å². The largest absolute Gasteiger partial charge is 0.310 e. The summed E-state index contributed by atoms with van der Waals surface area (Å²) in [5.41, 5.74) is 5.48. The van der Waals surface area contributed by atoms with Crippen LogP contribution in [0.1, 0.15) is 24.0 Å². The molecule has 1 aromatic heterocycles. The average molecular weight is 293 g/mol. The fourth-order valence-corrected chi connectivity index (χ4v) is 3.82. The topological polar surface area (TPSA) is 12.0 Å². The van der Waals surface area contributed by atoms with Crippen molar-refractivity contribution in [2.75, 3.05) is 0 Å². The molecule has 0 amide bonds. The molecule has 4 rings (SSSR count). The Bertz CT molecular complexity index is 783. The van der Waals surface area contributed by atoms with Crippen LogP contribution in [0, 0.1) is 6.92 Å². The molecule has 1 heterocycles. The van der Waals surface area contributed by atoms with Crippen LogP contribution < -0.4 is 5.32 Å². The molecule has 21 heavy (non-hydrogen) atoms. The summed E-state index contributed by atoms with van der Waals surface area (Å²) in [6.07, 6.45) is 2.69. The van der Waals surface area contributed by atoms with E-state index >= 15 is 0 Å². The van der Waals surface area contributed by atoms with Gasteiger partial charge in [-0.25, -0.2) is 0 Å². The Morgan fingerprint density at radius 3 is 2.81 bits per heavy atom. The molecule has 1 aliphatic carbocycles. The van der Waals surface area contributed by atoms with Crippen LogP contribution in [0.5, 0.6) is 0 Å². The number of rotatable bonds is 4. The Morgan fingerprint density at radius 2 is 2.00 bits per heavy atom. The zero-order valence-electron chi connectivity index (χ0n) is 12.2. The van der Waals surface area contributed by atoms with Gasteiger partial charge in [-0.05, 0) is 58.9 Å². The molecule has 1 aliphatic rings. The van der Waals surface area contributed by atoms with Crippen LogP contribution in [0.25, 0.3) is 21.2 Å². The van der Waals surface area contributed by atoms with Gasteiger partial charge in [0.15, 0.2) is 0 Å². The number of benzene rings is 2. The van der Waals surface area contributed by atoms with Gasteiger partial charge in [0.1, 0.15) is 0 Å². The van der Waals surface area contributed by atoms with Gasteiger partial charge in [0.05, 0.1) is 0 Å². The van der Waals surface area contributed by atoms with E-state index in [9.17, 15) is 0 Å². The number of fused-ring (bicyclic) bond motifs is 1. The van der Waals surface area contributed by atoms with E-state index in [0.717, 1.165) is 12.6 Å². The highest BCUT2D eigenvalue weighted by atomic mass is 32.1. The Hall–Kier alpha value is -1.64. The molecule has 0 atom stereocenters. The van der Waals surface area contributed by atoms with Gasteiger partial charge in [-0.1, -0.05) is 36.4 Å². The van der Waals surface area contributed by atoms with Gasteiger partial charge in [-0.3, -0.25) is 0 Å². The number of thiophene rings is 1. The molecular formula is C19H19NS. The van der Waals surface area contributed by atoms with Crippen molar-refractivity contribution in [2.24, 2.45) is 0 Å². The molecule has 1 saturated carbocycles. The highest BCUT2D eigenvalue weighted by Crippen LogP contribution is 2.34. The minimum Gasteiger partial charge on any atom is -0.310 e. The number of nitrogens with one attached hydrogen (secondary N) is 1. The van der Waals surface area contributed by atoms with E-state index < -0.39 is 0 Å². The van der Waals surface area contributed by atoms with Gasteiger partial charge in [0.2, 0.25) is 0 Å². The zero-order valence-corrected chi connectivity index (χ0v) is 13.0. The Balaban J connectivity index is 1.69. The van der Waals surface area contributed by atoms with Crippen LogP contribution >= 0.6 is 11.3 Å². The van der Waals surface area contributed by atoms with Gasteiger partial charge in [0, 0.05) is 17.3 Å². The molecule has 0 aliphatic heterocycles. The molecule has 2 heteroatoms. The van der Waals surface area contributed by atoms with E-state index in [4.69, 9.17) is 0 Å². The molecule has 0 saturated heterocycles.